The molecule has 8 heteroatoms. The van der Waals surface area contributed by atoms with Gasteiger partial charge in [-0.15, -0.1) is 13.2 Å². The van der Waals surface area contributed by atoms with Gasteiger partial charge in [0.05, 0.1) is 11.3 Å². The number of ether oxygens (including phenoxy) is 1. The summed E-state index contributed by atoms with van der Waals surface area (Å²) >= 11 is 0. The fourth-order valence-electron chi connectivity index (χ4n) is 3.70. The summed E-state index contributed by atoms with van der Waals surface area (Å²) in [5.74, 6) is -1.43. The van der Waals surface area contributed by atoms with Crippen molar-refractivity contribution in [1.29, 1.82) is 0 Å². The zero-order valence-electron chi connectivity index (χ0n) is 18.7. The first-order valence-electron chi connectivity index (χ1n) is 10.4. The highest BCUT2D eigenvalue weighted by atomic mass is 19.4. The highest BCUT2D eigenvalue weighted by molar-refractivity contribution is 6.46. The lowest BCUT2D eigenvalue weighted by Crippen LogP contribution is -2.33. The number of halogens is 3. The van der Waals surface area contributed by atoms with Crippen molar-refractivity contribution in [3.63, 3.8) is 0 Å². The highest BCUT2D eigenvalue weighted by Crippen LogP contribution is 2.36. The van der Waals surface area contributed by atoms with Crippen molar-refractivity contribution >= 4 is 28.8 Å². The minimum absolute atomic E-state index is 0.0410. The molecular formula is C26H21F3N2O3. The standard InChI is InChI=1S/C26H21F3N2O3/c1-15-5-8-18(9-6-15)22-23(30-19-10-12-20(13-11-19)34-26(27,28)29)25(33)31(24(22)32)21-14-16(2)4-7-17(21)3/h4-14,30H,1-3H3. The number of carbonyl (C=O) groups excluding carboxylic acids is 2. The Bertz CT molecular complexity index is 1290. The molecule has 0 atom stereocenters. The molecular weight excluding hydrogens is 445 g/mol. The summed E-state index contributed by atoms with van der Waals surface area (Å²) in [5.41, 5.74) is 4.22. The van der Waals surface area contributed by atoms with E-state index >= 15 is 0 Å². The number of rotatable bonds is 5. The number of benzene rings is 3. The molecule has 0 spiro atoms. The largest absolute Gasteiger partial charge is 0.573 e. The van der Waals surface area contributed by atoms with Crippen LogP contribution in [0.25, 0.3) is 5.57 Å². The number of hydrogen-bond donors (Lipinski definition) is 1. The molecule has 5 nitrogen and oxygen atoms in total. The molecule has 0 unspecified atom stereocenters. The van der Waals surface area contributed by atoms with Crippen molar-refractivity contribution in [2.24, 2.45) is 0 Å². The van der Waals surface area contributed by atoms with Crippen molar-refractivity contribution in [2.45, 2.75) is 27.1 Å². The number of hydrogen-bond acceptors (Lipinski definition) is 4. The van der Waals surface area contributed by atoms with E-state index in [-0.39, 0.29) is 11.3 Å². The van der Waals surface area contributed by atoms with Gasteiger partial charge in [0.15, 0.2) is 0 Å². The summed E-state index contributed by atoms with van der Waals surface area (Å²) < 4.78 is 41.3. The molecule has 174 valence electrons. The molecule has 34 heavy (non-hydrogen) atoms. The predicted octanol–water partition coefficient (Wildman–Crippen LogP) is 5.91. The topological polar surface area (TPSA) is 58.6 Å². The Morgan fingerprint density at radius 3 is 2.03 bits per heavy atom. The fourth-order valence-corrected chi connectivity index (χ4v) is 3.70. The van der Waals surface area contributed by atoms with Gasteiger partial charge < -0.3 is 10.1 Å². The predicted molar refractivity (Wildman–Crippen MR) is 123 cm³/mol. The maximum atomic E-state index is 13.5. The van der Waals surface area contributed by atoms with E-state index in [1.54, 1.807) is 18.2 Å². The van der Waals surface area contributed by atoms with Crippen molar-refractivity contribution < 1.29 is 27.5 Å². The minimum atomic E-state index is -4.81. The first-order chi connectivity index (χ1) is 16.0. The Morgan fingerprint density at radius 1 is 0.794 bits per heavy atom. The second-order valence-corrected chi connectivity index (χ2v) is 8.05. The third kappa shape index (κ3) is 4.66. The molecule has 3 aromatic carbocycles. The van der Waals surface area contributed by atoms with Crippen LogP contribution < -0.4 is 15.0 Å². The van der Waals surface area contributed by atoms with Gasteiger partial charge in [-0.1, -0.05) is 42.0 Å². The van der Waals surface area contributed by atoms with E-state index in [0.717, 1.165) is 33.7 Å². The number of amides is 2. The monoisotopic (exact) mass is 466 g/mol. The van der Waals surface area contributed by atoms with Crippen LogP contribution in [0.15, 0.2) is 72.4 Å². The average molecular weight is 466 g/mol. The van der Waals surface area contributed by atoms with Crippen LogP contribution in [-0.4, -0.2) is 18.2 Å². The Hall–Kier alpha value is -4.07. The van der Waals surface area contributed by atoms with Gasteiger partial charge in [0.1, 0.15) is 11.4 Å². The lowest BCUT2D eigenvalue weighted by molar-refractivity contribution is -0.274. The number of aryl methyl sites for hydroxylation is 3. The molecule has 2 amide bonds. The Morgan fingerprint density at radius 2 is 1.41 bits per heavy atom. The van der Waals surface area contributed by atoms with Gasteiger partial charge >= 0.3 is 6.36 Å². The fraction of sp³-hybridized carbons (Fsp3) is 0.154. The SMILES string of the molecule is Cc1ccc(C2=C(Nc3ccc(OC(F)(F)F)cc3)C(=O)N(c3cc(C)ccc3C)C2=O)cc1. The van der Waals surface area contributed by atoms with E-state index in [4.69, 9.17) is 0 Å². The zero-order chi connectivity index (χ0) is 24.6. The average Bonchev–Trinajstić information content (AvgIpc) is 3.00. The Kier molecular flexibility index (Phi) is 5.91. The van der Waals surface area contributed by atoms with Crippen LogP contribution in [0, 0.1) is 20.8 Å². The number of anilines is 2. The van der Waals surface area contributed by atoms with E-state index < -0.39 is 23.9 Å². The smallest absolute Gasteiger partial charge is 0.406 e. The zero-order valence-corrected chi connectivity index (χ0v) is 18.7. The van der Waals surface area contributed by atoms with Crippen LogP contribution in [0.2, 0.25) is 0 Å². The number of nitrogens with one attached hydrogen (secondary N) is 1. The highest BCUT2D eigenvalue weighted by Gasteiger charge is 2.41. The molecule has 1 N–H and O–H groups in total. The van der Waals surface area contributed by atoms with Crippen molar-refractivity contribution in [3.05, 3.63) is 94.7 Å². The summed E-state index contributed by atoms with van der Waals surface area (Å²) in [4.78, 5) is 28.2. The lowest BCUT2D eigenvalue weighted by Gasteiger charge is -2.18. The molecule has 1 aliphatic heterocycles. The number of carbonyl (C=O) groups is 2. The normalized spacial score (nSPS) is 14.1. The quantitative estimate of drug-likeness (QED) is 0.475. The number of imide groups is 1. The van der Waals surface area contributed by atoms with Crippen LogP contribution in [0.1, 0.15) is 22.3 Å². The molecule has 3 aromatic rings. The Balaban J connectivity index is 1.75. The van der Waals surface area contributed by atoms with Gasteiger partial charge in [0.2, 0.25) is 0 Å². The summed E-state index contributed by atoms with van der Waals surface area (Å²) in [7, 11) is 0. The first-order valence-corrected chi connectivity index (χ1v) is 10.4. The molecule has 0 aliphatic carbocycles. The van der Waals surface area contributed by atoms with E-state index in [1.165, 1.54) is 12.1 Å². The van der Waals surface area contributed by atoms with Gasteiger partial charge in [0.25, 0.3) is 11.8 Å². The molecule has 4 rings (SSSR count). The van der Waals surface area contributed by atoms with Crippen LogP contribution in [0.5, 0.6) is 5.75 Å². The second-order valence-electron chi connectivity index (χ2n) is 8.05. The molecule has 1 aliphatic rings. The van der Waals surface area contributed by atoms with Gasteiger partial charge in [0, 0.05) is 5.69 Å². The molecule has 0 bridgehead atoms. The van der Waals surface area contributed by atoms with Gasteiger partial charge in [-0.05, 0) is 67.8 Å². The van der Waals surface area contributed by atoms with E-state index in [1.807, 2.05) is 45.0 Å². The van der Waals surface area contributed by atoms with Crippen LogP contribution in [0.4, 0.5) is 24.5 Å². The summed E-state index contributed by atoms with van der Waals surface area (Å²) in [6, 6.07) is 17.6. The summed E-state index contributed by atoms with van der Waals surface area (Å²) in [5, 5.41) is 2.94. The molecule has 0 saturated heterocycles. The minimum Gasteiger partial charge on any atom is -0.406 e. The van der Waals surface area contributed by atoms with Crippen LogP contribution in [-0.2, 0) is 9.59 Å². The van der Waals surface area contributed by atoms with E-state index in [2.05, 4.69) is 10.1 Å². The van der Waals surface area contributed by atoms with Gasteiger partial charge in [-0.3, -0.25) is 9.59 Å². The van der Waals surface area contributed by atoms with Crippen LogP contribution in [0.3, 0.4) is 0 Å². The summed E-state index contributed by atoms with van der Waals surface area (Å²) in [6.45, 7) is 5.59. The van der Waals surface area contributed by atoms with Crippen molar-refractivity contribution in [1.82, 2.24) is 0 Å². The van der Waals surface area contributed by atoms with Gasteiger partial charge in [-0.2, -0.15) is 0 Å². The third-order valence-corrected chi connectivity index (χ3v) is 5.39. The summed E-state index contributed by atoms with van der Waals surface area (Å²) in [6.07, 6.45) is -4.81. The molecule has 0 aromatic heterocycles. The molecule has 0 fully saturated rings. The van der Waals surface area contributed by atoms with Crippen LogP contribution >= 0.6 is 0 Å². The number of nitrogens with zero attached hydrogens (tertiary/aromatic N) is 1. The molecule has 0 saturated carbocycles. The maximum absolute atomic E-state index is 13.5. The van der Waals surface area contributed by atoms with E-state index in [0.29, 0.717) is 16.9 Å². The van der Waals surface area contributed by atoms with E-state index in [9.17, 15) is 22.8 Å². The Labute approximate surface area is 194 Å². The maximum Gasteiger partial charge on any atom is 0.573 e. The van der Waals surface area contributed by atoms with Crippen molar-refractivity contribution in [2.75, 3.05) is 10.2 Å². The lowest BCUT2D eigenvalue weighted by atomic mass is 10.0. The molecule has 1 heterocycles. The second kappa shape index (κ2) is 8.70. The first kappa shape index (κ1) is 23.1. The third-order valence-electron chi connectivity index (χ3n) is 5.39. The molecule has 0 radical (unpaired) electrons. The number of alkyl halides is 3. The van der Waals surface area contributed by atoms with Gasteiger partial charge in [-0.25, -0.2) is 4.90 Å². The van der Waals surface area contributed by atoms with Crippen molar-refractivity contribution in [3.8, 4) is 5.75 Å².